The van der Waals surface area contributed by atoms with E-state index in [1.54, 1.807) is 24.3 Å². The summed E-state index contributed by atoms with van der Waals surface area (Å²) in [5.41, 5.74) is -0.496. The molecule has 0 amide bonds. The highest BCUT2D eigenvalue weighted by Crippen LogP contribution is 2.15. The molecule has 2 rings (SSSR count). The van der Waals surface area contributed by atoms with Gasteiger partial charge < -0.3 is 9.84 Å². The molecule has 1 aromatic carbocycles. The fourth-order valence-corrected chi connectivity index (χ4v) is 1.58. The van der Waals surface area contributed by atoms with Crippen LogP contribution in [0.1, 0.15) is 10.5 Å². The van der Waals surface area contributed by atoms with Crippen molar-refractivity contribution in [1.82, 2.24) is 9.78 Å². The monoisotopic (exact) mass is 280 g/mol. The average Bonchev–Trinajstić information content (AvgIpc) is 2.39. The zero-order valence-electron chi connectivity index (χ0n) is 9.83. The third-order valence-electron chi connectivity index (χ3n) is 2.36. The van der Waals surface area contributed by atoms with Gasteiger partial charge in [0.2, 0.25) is 5.69 Å². The van der Waals surface area contributed by atoms with Gasteiger partial charge in [-0.1, -0.05) is 11.6 Å². The number of esters is 1. The Morgan fingerprint density at radius 2 is 2.00 bits per heavy atom. The Morgan fingerprint density at radius 1 is 1.37 bits per heavy atom. The van der Waals surface area contributed by atoms with Gasteiger partial charge in [0.05, 0.1) is 12.8 Å². The first kappa shape index (κ1) is 13.1. The van der Waals surface area contributed by atoms with Gasteiger partial charge in [0.15, 0.2) is 5.75 Å². The molecule has 2 aromatic rings. The maximum absolute atomic E-state index is 11.7. The van der Waals surface area contributed by atoms with Crippen LogP contribution in [0, 0.1) is 0 Å². The van der Waals surface area contributed by atoms with Crippen molar-refractivity contribution in [2.75, 3.05) is 7.11 Å². The molecule has 1 N–H and O–H groups in total. The summed E-state index contributed by atoms with van der Waals surface area (Å²) in [6, 6.07) is 7.18. The van der Waals surface area contributed by atoms with E-state index in [0.717, 1.165) is 17.9 Å². The van der Waals surface area contributed by atoms with Crippen LogP contribution in [0.25, 0.3) is 5.69 Å². The molecular weight excluding hydrogens is 272 g/mol. The Labute approximate surface area is 112 Å². The Hall–Kier alpha value is -2.34. The third kappa shape index (κ3) is 2.58. The number of nitrogens with zero attached hydrogens (tertiary/aromatic N) is 2. The van der Waals surface area contributed by atoms with Crippen molar-refractivity contribution in [3.05, 3.63) is 51.4 Å². The fourth-order valence-electron chi connectivity index (χ4n) is 1.46. The number of aromatic hydroxyl groups is 1. The van der Waals surface area contributed by atoms with Crippen LogP contribution < -0.4 is 5.56 Å². The standard InChI is InChI=1S/C12H9ClN2O4/c1-19-12(18)11-9(16)6-10(17)15(14-11)8-4-2-7(13)3-5-8/h2-6,16H,1H3. The molecule has 7 heteroatoms. The highest BCUT2D eigenvalue weighted by Gasteiger charge is 2.17. The smallest absolute Gasteiger partial charge is 0.362 e. The Bertz CT molecular complexity index is 679. The summed E-state index contributed by atoms with van der Waals surface area (Å²) in [6.07, 6.45) is 0. The lowest BCUT2D eigenvalue weighted by Gasteiger charge is -2.07. The van der Waals surface area contributed by atoms with Gasteiger partial charge in [-0.2, -0.15) is 9.78 Å². The molecule has 0 radical (unpaired) electrons. The van der Waals surface area contributed by atoms with Crippen molar-refractivity contribution in [1.29, 1.82) is 0 Å². The number of methoxy groups -OCH3 is 1. The van der Waals surface area contributed by atoms with Gasteiger partial charge >= 0.3 is 5.97 Å². The second-order valence-electron chi connectivity index (χ2n) is 3.60. The van der Waals surface area contributed by atoms with Crippen molar-refractivity contribution < 1.29 is 14.6 Å². The topological polar surface area (TPSA) is 81.4 Å². The molecule has 0 spiro atoms. The lowest BCUT2D eigenvalue weighted by atomic mass is 10.3. The van der Waals surface area contributed by atoms with Crippen molar-refractivity contribution in [3.63, 3.8) is 0 Å². The minimum Gasteiger partial charge on any atom is -0.505 e. The van der Waals surface area contributed by atoms with Crippen molar-refractivity contribution in [3.8, 4) is 11.4 Å². The molecule has 1 aromatic heterocycles. The Balaban J connectivity index is 2.60. The van der Waals surface area contributed by atoms with Gasteiger partial charge in [-0.25, -0.2) is 4.79 Å². The summed E-state index contributed by atoms with van der Waals surface area (Å²) < 4.78 is 5.44. The number of hydrogen-bond acceptors (Lipinski definition) is 5. The molecule has 98 valence electrons. The predicted octanol–water partition coefficient (Wildman–Crippen LogP) is 1.38. The van der Waals surface area contributed by atoms with E-state index < -0.39 is 17.3 Å². The van der Waals surface area contributed by atoms with Gasteiger partial charge in [-0.3, -0.25) is 4.79 Å². The van der Waals surface area contributed by atoms with E-state index in [1.807, 2.05) is 0 Å². The normalized spacial score (nSPS) is 10.2. The van der Waals surface area contributed by atoms with E-state index in [2.05, 4.69) is 9.84 Å². The van der Waals surface area contributed by atoms with Crippen LogP contribution in [-0.2, 0) is 4.74 Å². The molecule has 19 heavy (non-hydrogen) atoms. The molecule has 0 aliphatic carbocycles. The van der Waals surface area contributed by atoms with E-state index >= 15 is 0 Å². The molecule has 1 heterocycles. The van der Waals surface area contributed by atoms with E-state index in [9.17, 15) is 14.7 Å². The van der Waals surface area contributed by atoms with Crippen molar-refractivity contribution >= 4 is 17.6 Å². The van der Waals surface area contributed by atoms with Crippen LogP contribution in [0.15, 0.2) is 35.1 Å². The second kappa shape index (κ2) is 5.11. The number of ether oxygens (including phenoxy) is 1. The van der Waals surface area contributed by atoms with E-state index in [4.69, 9.17) is 11.6 Å². The van der Waals surface area contributed by atoms with E-state index in [1.165, 1.54) is 0 Å². The lowest BCUT2D eigenvalue weighted by Crippen LogP contribution is -2.23. The van der Waals surface area contributed by atoms with Gasteiger partial charge in [-0.15, -0.1) is 0 Å². The fraction of sp³-hybridized carbons (Fsp3) is 0.0833. The van der Waals surface area contributed by atoms with Crippen LogP contribution in [0.4, 0.5) is 0 Å². The van der Waals surface area contributed by atoms with Crippen molar-refractivity contribution in [2.24, 2.45) is 0 Å². The van der Waals surface area contributed by atoms with E-state index in [0.29, 0.717) is 10.7 Å². The molecule has 0 aliphatic heterocycles. The maximum atomic E-state index is 11.7. The number of benzene rings is 1. The minimum atomic E-state index is -0.833. The number of aromatic nitrogens is 2. The van der Waals surface area contributed by atoms with Gasteiger partial charge in [0.25, 0.3) is 5.56 Å². The minimum absolute atomic E-state index is 0.336. The average molecular weight is 281 g/mol. The summed E-state index contributed by atoms with van der Waals surface area (Å²) in [5.74, 6) is -1.36. The van der Waals surface area contributed by atoms with Gasteiger partial charge in [0.1, 0.15) is 0 Å². The van der Waals surface area contributed by atoms with Crippen molar-refractivity contribution in [2.45, 2.75) is 0 Å². The largest absolute Gasteiger partial charge is 0.505 e. The van der Waals surface area contributed by atoms with E-state index in [-0.39, 0.29) is 5.69 Å². The molecule has 0 fully saturated rings. The van der Waals surface area contributed by atoms with Crippen LogP contribution in [0.5, 0.6) is 5.75 Å². The van der Waals surface area contributed by atoms with Gasteiger partial charge in [0, 0.05) is 11.1 Å². The first-order valence-electron chi connectivity index (χ1n) is 5.20. The van der Waals surface area contributed by atoms with Crippen LogP contribution >= 0.6 is 11.6 Å². The Morgan fingerprint density at radius 3 is 2.58 bits per heavy atom. The SMILES string of the molecule is COC(=O)c1nn(-c2ccc(Cl)cc2)c(=O)cc1O. The molecule has 0 aliphatic rings. The second-order valence-corrected chi connectivity index (χ2v) is 4.03. The number of hydrogen-bond donors (Lipinski definition) is 1. The molecule has 0 bridgehead atoms. The summed E-state index contributed by atoms with van der Waals surface area (Å²) in [7, 11) is 1.15. The molecule has 0 saturated heterocycles. The van der Waals surface area contributed by atoms with Crippen LogP contribution in [0.2, 0.25) is 5.02 Å². The highest BCUT2D eigenvalue weighted by molar-refractivity contribution is 6.30. The lowest BCUT2D eigenvalue weighted by molar-refractivity contribution is 0.0588. The van der Waals surface area contributed by atoms with Gasteiger partial charge in [-0.05, 0) is 24.3 Å². The molecular formula is C12H9ClN2O4. The first-order chi connectivity index (χ1) is 9.02. The number of rotatable bonds is 2. The summed E-state index contributed by atoms with van der Waals surface area (Å²) in [4.78, 5) is 23.1. The molecule has 0 unspecified atom stereocenters. The summed E-state index contributed by atoms with van der Waals surface area (Å²) >= 11 is 5.75. The number of carbonyl (C=O) groups is 1. The third-order valence-corrected chi connectivity index (χ3v) is 2.61. The number of carbonyl (C=O) groups excluding carboxylic acids is 1. The zero-order valence-corrected chi connectivity index (χ0v) is 10.6. The highest BCUT2D eigenvalue weighted by atomic mass is 35.5. The molecule has 0 atom stereocenters. The number of halogens is 1. The van der Waals surface area contributed by atoms with Crippen LogP contribution in [0.3, 0.4) is 0 Å². The molecule has 6 nitrogen and oxygen atoms in total. The predicted molar refractivity (Wildman–Crippen MR) is 67.8 cm³/mol. The first-order valence-corrected chi connectivity index (χ1v) is 5.58. The zero-order chi connectivity index (χ0) is 14.0. The summed E-state index contributed by atoms with van der Waals surface area (Å²) in [6.45, 7) is 0. The maximum Gasteiger partial charge on any atom is 0.362 e. The summed E-state index contributed by atoms with van der Waals surface area (Å²) in [5, 5.41) is 13.8. The van der Waals surface area contributed by atoms with Crippen LogP contribution in [-0.4, -0.2) is 28.0 Å². The Kier molecular flexibility index (Phi) is 3.52. The quantitative estimate of drug-likeness (QED) is 0.841. The molecule has 0 saturated carbocycles.